The van der Waals surface area contributed by atoms with Crippen LogP contribution >= 0.6 is 11.6 Å². The van der Waals surface area contributed by atoms with Crippen molar-refractivity contribution in [3.8, 4) is 5.75 Å². The molecular formula is C18H22ClNO3. The van der Waals surface area contributed by atoms with Gasteiger partial charge in [0.1, 0.15) is 12.4 Å². The van der Waals surface area contributed by atoms with Crippen molar-refractivity contribution in [1.82, 2.24) is 4.90 Å². The molecule has 124 valence electrons. The summed E-state index contributed by atoms with van der Waals surface area (Å²) in [5, 5.41) is 2.79. The molecule has 0 atom stereocenters. The van der Waals surface area contributed by atoms with Gasteiger partial charge in [0.2, 0.25) is 0 Å². The van der Waals surface area contributed by atoms with Gasteiger partial charge in [0.05, 0.1) is 31.5 Å². The molecule has 1 aliphatic rings. The fourth-order valence-corrected chi connectivity index (χ4v) is 2.95. The molecule has 0 amide bonds. The lowest BCUT2D eigenvalue weighted by atomic mass is 10.1. The van der Waals surface area contributed by atoms with Crippen LogP contribution < -0.4 is 4.74 Å². The topological polar surface area (TPSA) is 30.9 Å². The maximum atomic E-state index is 6.40. The number of ether oxygens (including phenoxy) is 3. The number of rotatable bonds is 7. The lowest BCUT2D eigenvalue weighted by molar-refractivity contribution is 0.0170. The van der Waals surface area contributed by atoms with Crippen molar-refractivity contribution in [3.63, 3.8) is 0 Å². The van der Waals surface area contributed by atoms with Gasteiger partial charge in [-0.3, -0.25) is 4.90 Å². The zero-order valence-electron chi connectivity index (χ0n) is 13.2. The van der Waals surface area contributed by atoms with Crippen molar-refractivity contribution >= 4 is 22.4 Å². The van der Waals surface area contributed by atoms with Gasteiger partial charge in [-0.15, -0.1) is 0 Å². The molecule has 1 aliphatic heterocycles. The van der Waals surface area contributed by atoms with Gasteiger partial charge in [-0.05, 0) is 11.5 Å². The maximum Gasteiger partial charge on any atom is 0.138 e. The largest absolute Gasteiger partial charge is 0.490 e. The predicted octanol–water partition coefficient (Wildman–Crippen LogP) is 3.22. The molecule has 0 spiro atoms. The molecule has 0 saturated carbocycles. The molecule has 1 saturated heterocycles. The Bertz CT molecular complexity index is 629. The summed E-state index contributed by atoms with van der Waals surface area (Å²) in [6.07, 6.45) is 0. The average molecular weight is 336 g/mol. The summed E-state index contributed by atoms with van der Waals surface area (Å²) in [5.41, 5.74) is 0. The van der Waals surface area contributed by atoms with Crippen LogP contribution in [0.15, 0.2) is 36.4 Å². The van der Waals surface area contributed by atoms with Crippen LogP contribution in [0.4, 0.5) is 0 Å². The van der Waals surface area contributed by atoms with E-state index in [2.05, 4.69) is 4.90 Å². The van der Waals surface area contributed by atoms with Gasteiger partial charge in [0.15, 0.2) is 0 Å². The minimum absolute atomic E-state index is 0.501. The average Bonchev–Trinajstić information content (AvgIpc) is 2.61. The third-order valence-corrected chi connectivity index (χ3v) is 4.36. The summed E-state index contributed by atoms with van der Waals surface area (Å²) in [4.78, 5) is 2.35. The van der Waals surface area contributed by atoms with Crippen molar-refractivity contribution in [2.24, 2.45) is 0 Å². The first-order chi connectivity index (χ1) is 11.3. The van der Waals surface area contributed by atoms with Crippen LogP contribution in [0.25, 0.3) is 10.8 Å². The normalized spacial score (nSPS) is 15.9. The molecule has 0 N–H and O–H groups in total. The van der Waals surface area contributed by atoms with Crippen LogP contribution in [-0.4, -0.2) is 57.6 Å². The lowest BCUT2D eigenvalue weighted by Crippen LogP contribution is -2.38. The van der Waals surface area contributed by atoms with E-state index in [-0.39, 0.29) is 0 Å². The molecule has 23 heavy (non-hydrogen) atoms. The second kappa shape index (κ2) is 8.50. The molecule has 2 aromatic carbocycles. The molecule has 0 unspecified atom stereocenters. The van der Waals surface area contributed by atoms with Crippen LogP contribution in [0.2, 0.25) is 5.02 Å². The predicted molar refractivity (Wildman–Crippen MR) is 92.5 cm³/mol. The van der Waals surface area contributed by atoms with Crippen LogP contribution in [0, 0.1) is 0 Å². The fourth-order valence-electron chi connectivity index (χ4n) is 2.66. The summed E-state index contributed by atoms with van der Waals surface area (Å²) in [6, 6.07) is 12.0. The Labute approximate surface area is 141 Å². The van der Waals surface area contributed by atoms with E-state index in [4.69, 9.17) is 25.8 Å². The first-order valence-corrected chi connectivity index (χ1v) is 8.40. The monoisotopic (exact) mass is 335 g/mol. The van der Waals surface area contributed by atoms with Gasteiger partial charge in [0.25, 0.3) is 0 Å². The summed E-state index contributed by atoms with van der Waals surface area (Å²) < 4.78 is 16.7. The first kappa shape index (κ1) is 16.5. The number of hydrogen-bond donors (Lipinski definition) is 0. The van der Waals surface area contributed by atoms with Gasteiger partial charge >= 0.3 is 0 Å². The highest BCUT2D eigenvalue weighted by Crippen LogP contribution is 2.32. The van der Waals surface area contributed by atoms with E-state index in [1.807, 2.05) is 36.4 Å². The Morgan fingerprint density at radius 1 is 1.00 bits per heavy atom. The van der Waals surface area contributed by atoms with Crippen LogP contribution in [-0.2, 0) is 9.47 Å². The summed E-state index contributed by atoms with van der Waals surface area (Å²) in [7, 11) is 0. The van der Waals surface area contributed by atoms with E-state index < -0.39 is 0 Å². The van der Waals surface area contributed by atoms with Gasteiger partial charge in [-0.1, -0.05) is 41.9 Å². The Morgan fingerprint density at radius 2 is 1.83 bits per heavy atom. The molecule has 1 fully saturated rings. The Morgan fingerprint density at radius 3 is 2.70 bits per heavy atom. The minimum Gasteiger partial charge on any atom is -0.490 e. The highest BCUT2D eigenvalue weighted by molar-refractivity contribution is 6.37. The molecule has 0 bridgehead atoms. The number of hydrogen-bond acceptors (Lipinski definition) is 4. The zero-order valence-corrected chi connectivity index (χ0v) is 13.9. The van der Waals surface area contributed by atoms with E-state index in [0.29, 0.717) is 24.0 Å². The molecule has 0 aliphatic carbocycles. The lowest BCUT2D eigenvalue weighted by Gasteiger charge is -2.26. The van der Waals surface area contributed by atoms with E-state index in [0.717, 1.165) is 50.2 Å². The van der Waals surface area contributed by atoms with E-state index in [1.54, 1.807) is 0 Å². The molecule has 4 nitrogen and oxygen atoms in total. The van der Waals surface area contributed by atoms with E-state index >= 15 is 0 Å². The zero-order chi connectivity index (χ0) is 15.9. The summed E-state index contributed by atoms with van der Waals surface area (Å²) in [6.45, 7) is 6.36. The number of fused-ring (bicyclic) bond motifs is 1. The standard InChI is InChI=1S/C18H22ClNO3/c19-18-16-4-2-1-3-15(16)5-6-17(18)23-14-13-22-12-9-20-7-10-21-11-8-20/h1-6H,7-14H2. The highest BCUT2D eigenvalue weighted by atomic mass is 35.5. The molecule has 0 aromatic heterocycles. The molecule has 1 heterocycles. The Kier molecular flexibility index (Phi) is 6.11. The minimum atomic E-state index is 0.501. The SMILES string of the molecule is Clc1c(OCCOCCN2CCOCC2)ccc2ccccc12. The van der Waals surface area contributed by atoms with Crippen LogP contribution in [0.3, 0.4) is 0 Å². The summed E-state index contributed by atoms with van der Waals surface area (Å²) >= 11 is 6.40. The van der Waals surface area contributed by atoms with Gasteiger partial charge in [-0.25, -0.2) is 0 Å². The van der Waals surface area contributed by atoms with Crippen molar-refractivity contribution in [3.05, 3.63) is 41.4 Å². The van der Waals surface area contributed by atoms with Crippen molar-refractivity contribution in [2.75, 3.05) is 52.7 Å². The number of benzene rings is 2. The van der Waals surface area contributed by atoms with Crippen molar-refractivity contribution in [1.29, 1.82) is 0 Å². The quantitative estimate of drug-likeness (QED) is 0.727. The Balaban J connectivity index is 1.39. The van der Waals surface area contributed by atoms with E-state index in [9.17, 15) is 0 Å². The number of morpholine rings is 1. The van der Waals surface area contributed by atoms with Crippen LogP contribution in [0.5, 0.6) is 5.75 Å². The maximum absolute atomic E-state index is 6.40. The number of nitrogens with zero attached hydrogens (tertiary/aromatic N) is 1. The van der Waals surface area contributed by atoms with Gasteiger partial charge in [-0.2, -0.15) is 0 Å². The summed E-state index contributed by atoms with van der Waals surface area (Å²) in [5.74, 6) is 0.710. The van der Waals surface area contributed by atoms with Crippen molar-refractivity contribution < 1.29 is 14.2 Å². The highest BCUT2D eigenvalue weighted by Gasteiger charge is 2.09. The second-order valence-electron chi connectivity index (χ2n) is 5.51. The molecule has 0 radical (unpaired) electrons. The molecular weight excluding hydrogens is 314 g/mol. The third-order valence-electron chi connectivity index (χ3n) is 3.97. The second-order valence-corrected chi connectivity index (χ2v) is 5.89. The fraction of sp³-hybridized carbons (Fsp3) is 0.444. The number of halogens is 1. The molecule has 3 rings (SSSR count). The van der Waals surface area contributed by atoms with Crippen molar-refractivity contribution in [2.45, 2.75) is 0 Å². The van der Waals surface area contributed by atoms with Gasteiger partial charge < -0.3 is 14.2 Å². The smallest absolute Gasteiger partial charge is 0.138 e. The molecule has 5 heteroatoms. The first-order valence-electron chi connectivity index (χ1n) is 8.02. The van der Waals surface area contributed by atoms with Gasteiger partial charge in [0, 0.05) is 25.0 Å². The third kappa shape index (κ3) is 4.58. The molecule has 2 aromatic rings. The van der Waals surface area contributed by atoms with E-state index in [1.165, 1.54) is 0 Å². The Hall–Kier alpha value is -1.33. The van der Waals surface area contributed by atoms with Crippen LogP contribution in [0.1, 0.15) is 0 Å².